The average Bonchev–Trinajstić information content (AvgIpc) is 2.39. The van der Waals surface area contributed by atoms with E-state index in [0.29, 0.717) is 6.54 Å². The molecule has 0 radical (unpaired) electrons. The van der Waals surface area contributed by atoms with E-state index in [4.69, 9.17) is 5.73 Å². The predicted octanol–water partition coefficient (Wildman–Crippen LogP) is 2.01. The Morgan fingerprint density at radius 3 is 2.62 bits per heavy atom. The number of aliphatic imine (C=N–C) groups is 1. The second kappa shape index (κ2) is 2.67. The summed E-state index contributed by atoms with van der Waals surface area (Å²) in [5.74, 6) is 0. The fourth-order valence-corrected chi connectivity index (χ4v) is 1.84. The third-order valence-corrected chi connectivity index (χ3v) is 2.75. The van der Waals surface area contributed by atoms with Gasteiger partial charge in [-0.05, 0) is 11.6 Å². The quantitative estimate of drug-likeness (QED) is 0.695. The van der Waals surface area contributed by atoms with E-state index >= 15 is 0 Å². The monoisotopic (exact) mass is 174 g/mol. The van der Waals surface area contributed by atoms with Gasteiger partial charge in [0.1, 0.15) is 0 Å². The number of nitrogens with zero attached hydrogens (tertiary/aromatic N) is 1. The van der Waals surface area contributed by atoms with Gasteiger partial charge in [-0.25, -0.2) is 0 Å². The Labute approximate surface area is 78.5 Å². The Balaban J connectivity index is 2.58. The number of benzene rings is 1. The van der Waals surface area contributed by atoms with Crippen LogP contribution in [0.1, 0.15) is 19.4 Å². The summed E-state index contributed by atoms with van der Waals surface area (Å²) < 4.78 is 0. The summed E-state index contributed by atoms with van der Waals surface area (Å²) in [7, 11) is 0. The minimum absolute atomic E-state index is 0.0192. The number of para-hydroxylation sites is 1. The van der Waals surface area contributed by atoms with Gasteiger partial charge in [0.2, 0.25) is 0 Å². The second-order valence-electron chi connectivity index (χ2n) is 3.90. The lowest BCUT2D eigenvalue weighted by Crippen LogP contribution is -2.31. The van der Waals surface area contributed by atoms with Gasteiger partial charge in [-0.2, -0.15) is 0 Å². The van der Waals surface area contributed by atoms with Gasteiger partial charge in [-0.3, -0.25) is 4.99 Å². The molecule has 2 nitrogen and oxygen atoms in total. The fourth-order valence-electron chi connectivity index (χ4n) is 1.84. The van der Waals surface area contributed by atoms with E-state index in [1.165, 1.54) is 5.56 Å². The highest BCUT2D eigenvalue weighted by Crippen LogP contribution is 2.38. The summed E-state index contributed by atoms with van der Waals surface area (Å²) in [5.41, 5.74) is 9.12. The van der Waals surface area contributed by atoms with Gasteiger partial charge < -0.3 is 5.73 Å². The lowest BCUT2D eigenvalue weighted by atomic mass is 9.82. The summed E-state index contributed by atoms with van der Waals surface area (Å²) in [4.78, 5) is 4.51. The van der Waals surface area contributed by atoms with Crippen LogP contribution in [-0.4, -0.2) is 12.3 Å². The number of hydrogen-bond donors (Lipinski definition) is 1. The molecule has 68 valence electrons. The van der Waals surface area contributed by atoms with Gasteiger partial charge in [0.05, 0.1) is 5.69 Å². The summed E-state index contributed by atoms with van der Waals surface area (Å²) in [5, 5.41) is 0. The normalized spacial score (nSPS) is 18.2. The summed E-state index contributed by atoms with van der Waals surface area (Å²) in [6.45, 7) is 4.89. The molecule has 13 heavy (non-hydrogen) atoms. The molecule has 1 aliphatic rings. The second-order valence-corrected chi connectivity index (χ2v) is 3.90. The van der Waals surface area contributed by atoms with Crippen LogP contribution in [-0.2, 0) is 5.41 Å². The zero-order valence-electron chi connectivity index (χ0n) is 8.04. The van der Waals surface area contributed by atoms with Gasteiger partial charge in [-0.1, -0.05) is 32.0 Å². The van der Waals surface area contributed by atoms with Gasteiger partial charge in [0.25, 0.3) is 0 Å². The van der Waals surface area contributed by atoms with Crippen molar-refractivity contribution in [3.63, 3.8) is 0 Å². The lowest BCUT2D eigenvalue weighted by molar-refractivity contribution is 0.726. The van der Waals surface area contributed by atoms with Crippen molar-refractivity contribution in [2.45, 2.75) is 19.3 Å². The van der Waals surface area contributed by atoms with Crippen molar-refractivity contribution < 1.29 is 0 Å². The molecule has 2 N–H and O–H groups in total. The van der Waals surface area contributed by atoms with Crippen LogP contribution in [0.4, 0.5) is 5.69 Å². The van der Waals surface area contributed by atoms with Crippen molar-refractivity contribution >= 4 is 11.4 Å². The standard InChI is InChI=1S/C11H14N2/c1-11(2)8-5-3-4-6-9(8)13-10(11)7-12/h3-6H,7,12H2,1-2H3. The van der Waals surface area contributed by atoms with E-state index in [1.807, 2.05) is 12.1 Å². The Morgan fingerprint density at radius 2 is 2.00 bits per heavy atom. The molecular weight excluding hydrogens is 160 g/mol. The first-order chi connectivity index (χ1) is 6.16. The van der Waals surface area contributed by atoms with Gasteiger partial charge in [0, 0.05) is 17.7 Å². The first-order valence-electron chi connectivity index (χ1n) is 4.54. The Hall–Kier alpha value is -1.15. The van der Waals surface area contributed by atoms with Crippen molar-refractivity contribution in [3.8, 4) is 0 Å². The summed E-state index contributed by atoms with van der Waals surface area (Å²) in [6.07, 6.45) is 0. The first kappa shape index (κ1) is 8.45. The molecule has 2 rings (SSSR count). The van der Waals surface area contributed by atoms with E-state index in [-0.39, 0.29) is 5.41 Å². The molecule has 0 bridgehead atoms. The highest BCUT2D eigenvalue weighted by molar-refractivity contribution is 6.02. The Morgan fingerprint density at radius 1 is 1.31 bits per heavy atom. The zero-order chi connectivity index (χ0) is 9.47. The highest BCUT2D eigenvalue weighted by atomic mass is 14.8. The van der Waals surface area contributed by atoms with Crippen molar-refractivity contribution in [1.29, 1.82) is 0 Å². The number of fused-ring (bicyclic) bond motifs is 1. The molecule has 0 unspecified atom stereocenters. The van der Waals surface area contributed by atoms with Crippen LogP contribution >= 0.6 is 0 Å². The minimum atomic E-state index is 0.0192. The fraction of sp³-hybridized carbons (Fsp3) is 0.364. The van der Waals surface area contributed by atoms with Crippen molar-refractivity contribution in [3.05, 3.63) is 29.8 Å². The van der Waals surface area contributed by atoms with Crippen molar-refractivity contribution in [2.24, 2.45) is 10.7 Å². The van der Waals surface area contributed by atoms with Gasteiger partial charge in [-0.15, -0.1) is 0 Å². The maximum absolute atomic E-state index is 5.66. The highest BCUT2D eigenvalue weighted by Gasteiger charge is 2.33. The third-order valence-electron chi connectivity index (χ3n) is 2.75. The van der Waals surface area contributed by atoms with Crippen molar-refractivity contribution in [2.75, 3.05) is 6.54 Å². The molecule has 0 spiro atoms. The molecule has 1 aliphatic heterocycles. The largest absolute Gasteiger partial charge is 0.325 e. The molecule has 0 aromatic heterocycles. The molecule has 0 saturated heterocycles. The number of rotatable bonds is 1. The van der Waals surface area contributed by atoms with Crippen LogP contribution in [0.3, 0.4) is 0 Å². The van der Waals surface area contributed by atoms with Crippen LogP contribution < -0.4 is 5.73 Å². The molecule has 0 amide bonds. The van der Waals surface area contributed by atoms with Crippen LogP contribution in [0.25, 0.3) is 0 Å². The minimum Gasteiger partial charge on any atom is -0.325 e. The Bertz CT molecular complexity index is 364. The molecule has 0 fully saturated rings. The topological polar surface area (TPSA) is 38.4 Å². The summed E-state index contributed by atoms with van der Waals surface area (Å²) in [6, 6.07) is 8.23. The molecule has 1 aromatic carbocycles. The third kappa shape index (κ3) is 1.10. The predicted molar refractivity (Wildman–Crippen MR) is 55.6 cm³/mol. The lowest BCUT2D eigenvalue weighted by Gasteiger charge is -2.20. The number of nitrogens with two attached hydrogens (primary N) is 1. The van der Waals surface area contributed by atoms with Crippen LogP contribution in [0.15, 0.2) is 29.3 Å². The molecule has 2 heteroatoms. The smallest absolute Gasteiger partial charge is 0.0671 e. The Kier molecular flexibility index (Phi) is 1.74. The van der Waals surface area contributed by atoms with Gasteiger partial charge in [0.15, 0.2) is 0 Å². The van der Waals surface area contributed by atoms with E-state index in [0.717, 1.165) is 11.4 Å². The first-order valence-corrected chi connectivity index (χ1v) is 4.54. The maximum Gasteiger partial charge on any atom is 0.0671 e. The van der Waals surface area contributed by atoms with Crippen LogP contribution in [0.2, 0.25) is 0 Å². The molecule has 1 heterocycles. The van der Waals surface area contributed by atoms with E-state index in [2.05, 4.69) is 31.0 Å². The van der Waals surface area contributed by atoms with Crippen LogP contribution in [0.5, 0.6) is 0 Å². The zero-order valence-corrected chi connectivity index (χ0v) is 8.04. The van der Waals surface area contributed by atoms with E-state index in [1.54, 1.807) is 0 Å². The molecule has 0 atom stereocenters. The van der Waals surface area contributed by atoms with E-state index in [9.17, 15) is 0 Å². The molecule has 0 saturated carbocycles. The van der Waals surface area contributed by atoms with Crippen molar-refractivity contribution in [1.82, 2.24) is 0 Å². The van der Waals surface area contributed by atoms with Crippen LogP contribution in [0, 0.1) is 0 Å². The van der Waals surface area contributed by atoms with Gasteiger partial charge >= 0.3 is 0 Å². The average molecular weight is 174 g/mol. The SMILES string of the molecule is CC1(C)C(CN)=Nc2ccccc21. The molecular formula is C11H14N2. The molecule has 0 aliphatic carbocycles. The molecule has 1 aromatic rings. The summed E-state index contributed by atoms with van der Waals surface area (Å²) >= 11 is 0. The maximum atomic E-state index is 5.66. The van der Waals surface area contributed by atoms with E-state index < -0.39 is 0 Å². The number of hydrogen-bond acceptors (Lipinski definition) is 2.